The number of aromatic nitrogens is 1. The first-order valence-corrected chi connectivity index (χ1v) is 15.2. The molecule has 0 spiro atoms. The highest BCUT2D eigenvalue weighted by Crippen LogP contribution is 2.42. The first-order chi connectivity index (χ1) is 22.2. The van der Waals surface area contributed by atoms with E-state index in [4.69, 9.17) is 14.5 Å². The third-order valence-corrected chi connectivity index (χ3v) is 8.94. The Kier molecular flexibility index (Phi) is 6.65. The SMILES string of the molecule is COc1ccc2ccc3c(-c4cccc(C(c5ccccc5)c5ccccc5)c4)c4ccc5ccc(OC)cc5c4nc3c2c1. The van der Waals surface area contributed by atoms with Gasteiger partial charge in [0.15, 0.2) is 0 Å². The van der Waals surface area contributed by atoms with Gasteiger partial charge in [0.1, 0.15) is 11.5 Å². The van der Waals surface area contributed by atoms with Gasteiger partial charge in [0.25, 0.3) is 0 Å². The molecule has 0 aliphatic heterocycles. The molecule has 0 radical (unpaired) electrons. The fourth-order valence-corrected chi connectivity index (χ4v) is 6.77. The number of benzene rings is 7. The Labute approximate surface area is 262 Å². The summed E-state index contributed by atoms with van der Waals surface area (Å²) in [4.78, 5) is 5.41. The Bertz CT molecular complexity index is 2210. The third kappa shape index (κ3) is 4.65. The molecule has 0 N–H and O–H groups in total. The molecule has 0 saturated carbocycles. The van der Waals surface area contributed by atoms with E-state index >= 15 is 0 Å². The molecule has 3 nitrogen and oxygen atoms in total. The lowest BCUT2D eigenvalue weighted by Crippen LogP contribution is -2.03. The minimum Gasteiger partial charge on any atom is -0.497 e. The van der Waals surface area contributed by atoms with Gasteiger partial charge in [-0.15, -0.1) is 0 Å². The standard InChI is InChI=1S/C42H31NO2/c1-44-33-20-16-27-18-22-35-40(36-23-19-28-17-21-34(45-2)26-38(28)42(36)43-41(35)37(27)25-33)32-15-9-14-31(24-32)39(29-10-5-3-6-11-29)30-12-7-4-8-13-30/h3-26,39H,1-2H3. The van der Waals surface area contributed by atoms with Crippen molar-refractivity contribution in [3.8, 4) is 22.6 Å². The molecule has 1 heterocycles. The predicted octanol–water partition coefficient (Wildman–Crippen LogP) is 10.6. The molecule has 0 atom stereocenters. The van der Waals surface area contributed by atoms with Crippen molar-refractivity contribution in [2.75, 3.05) is 14.2 Å². The number of rotatable bonds is 6. The molecule has 0 unspecified atom stereocenters. The summed E-state index contributed by atoms with van der Waals surface area (Å²) in [6.45, 7) is 0. The van der Waals surface area contributed by atoms with Gasteiger partial charge in [-0.3, -0.25) is 0 Å². The van der Waals surface area contributed by atoms with Crippen LogP contribution < -0.4 is 9.47 Å². The van der Waals surface area contributed by atoms with Crippen molar-refractivity contribution in [3.63, 3.8) is 0 Å². The maximum atomic E-state index is 5.66. The van der Waals surface area contributed by atoms with Crippen LogP contribution in [0.1, 0.15) is 22.6 Å². The van der Waals surface area contributed by atoms with E-state index in [-0.39, 0.29) is 5.92 Å². The largest absolute Gasteiger partial charge is 0.497 e. The lowest BCUT2D eigenvalue weighted by atomic mass is 9.83. The van der Waals surface area contributed by atoms with Gasteiger partial charge in [-0.25, -0.2) is 4.98 Å². The first-order valence-electron chi connectivity index (χ1n) is 15.2. The van der Waals surface area contributed by atoms with Crippen molar-refractivity contribution in [2.45, 2.75) is 5.92 Å². The van der Waals surface area contributed by atoms with E-state index in [9.17, 15) is 0 Å². The Balaban J connectivity index is 1.46. The predicted molar refractivity (Wildman–Crippen MR) is 187 cm³/mol. The molecule has 0 fully saturated rings. The van der Waals surface area contributed by atoms with Crippen LogP contribution in [0.5, 0.6) is 11.5 Å². The van der Waals surface area contributed by atoms with Crippen LogP contribution in [0.2, 0.25) is 0 Å². The fraction of sp³-hybridized carbons (Fsp3) is 0.0714. The fourth-order valence-electron chi connectivity index (χ4n) is 6.77. The minimum absolute atomic E-state index is 0.0990. The monoisotopic (exact) mass is 581 g/mol. The minimum atomic E-state index is 0.0990. The normalized spacial score (nSPS) is 11.5. The summed E-state index contributed by atoms with van der Waals surface area (Å²) >= 11 is 0. The van der Waals surface area contributed by atoms with Gasteiger partial charge in [0.05, 0.1) is 25.3 Å². The molecule has 216 valence electrons. The summed E-state index contributed by atoms with van der Waals surface area (Å²) in [6, 6.07) is 51.8. The molecule has 1 aromatic heterocycles. The van der Waals surface area contributed by atoms with Crippen LogP contribution in [0.25, 0.3) is 54.5 Å². The van der Waals surface area contributed by atoms with Crippen LogP contribution >= 0.6 is 0 Å². The van der Waals surface area contributed by atoms with Crippen LogP contribution in [-0.4, -0.2) is 19.2 Å². The second kappa shape index (κ2) is 11.1. The summed E-state index contributed by atoms with van der Waals surface area (Å²) in [5, 5.41) is 6.61. The van der Waals surface area contributed by atoms with Gasteiger partial charge in [0, 0.05) is 33.0 Å². The zero-order valence-electron chi connectivity index (χ0n) is 25.2. The van der Waals surface area contributed by atoms with E-state index in [2.05, 4.69) is 133 Å². The number of methoxy groups -OCH3 is 2. The molecule has 8 rings (SSSR count). The second-order valence-electron chi connectivity index (χ2n) is 11.5. The molecule has 0 aliphatic carbocycles. The van der Waals surface area contributed by atoms with Gasteiger partial charge in [-0.1, -0.05) is 121 Å². The van der Waals surface area contributed by atoms with Crippen molar-refractivity contribution < 1.29 is 9.47 Å². The third-order valence-electron chi connectivity index (χ3n) is 8.94. The molecule has 0 aliphatic rings. The zero-order valence-corrected chi connectivity index (χ0v) is 25.2. The summed E-state index contributed by atoms with van der Waals surface area (Å²) in [5.74, 6) is 1.73. The van der Waals surface area contributed by atoms with E-state index in [0.717, 1.165) is 60.4 Å². The summed E-state index contributed by atoms with van der Waals surface area (Å²) in [7, 11) is 3.42. The summed E-state index contributed by atoms with van der Waals surface area (Å²) in [5.41, 5.74) is 8.02. The van der Waals surface area contributed by atoms with E-state index in [1.54, 1.807) is 14.2 Å². The van der Waals surface area contributed by atoms with Crippen molar-refractivity contribution in [3.05, 3.63) is 162 Å². The van der Waals surface area contributed by atoms with Gasteiger partial charge in [0.2, 0.25) is 0 Å². The van der Waals surface area contributed by atoms with Gasteiger partial charge >= 0.3 is 0 Å². The Morgan fingerprint density at radius 1 is 0.444 bits per heavy atom. The van der Waals surface area contributed by atoms with E-state index in [0.29, 0.717) is 0 Å². The molecule has 3 heteroatoms. The maximum absolute atomic E-state index is 5.66. The van der Waals surface area contributed by atoms with Crippen LogP contribution in [-0.2, 0) is 0 Å². The van der Waals surface area contributed by atoms with Crippen LogP contribution in [0.15, 0.2) is 146 Å². The van der Waals surface area contributed by atoms with Gasteiger partial charge < -0.3 is 9.47 Å². The quantitative estimate of drug-likeness (QED) is 0.111. The molecule has 7 aromatic carbocycles. The van der Waals surface area contributed by atoms with Gasteiger partial charge in [-0.2, -0.15) is 0 Å². The molecular weight excluding hydrogens is 550 g/mol. The molecule has 8 aromatic rings. The highest BCUT2D eigenvalue weighted by Gasteiger charge is 2.20. The average molecular weight is 582 g/mol. The number of ether oxygens (including phenoxy) is 2. The van der Waals surface area contributed by atoms with Crippen molar-refractivity contribution in [1.29, 1.82) is 0 Å². The van der Waals surface area contributed by atoms with Gasteiger partial charge in [-0.05, 0) is 57.3 Å². The Morgan fingerprint density at radius 2 is 0.933 bits per heavy atom. The number of nitrogens with zero attached hydrogens (tertiary/aromatic N) is 1. The number of fused-ring (bicyclic) bond motifs is 6. The topological polar surface area (TPSA) is 31.4 Å². The molecule has 0 saturated heterocycles. The summed E-state index contributed by atoms with van der Waals surface area (Å²) in [6.07, 6.45) is 0. The number of hydrogen-bond donors (Lipinski definition) is 0. The highest BCUT2D eigenvalue weighted by molar-refractivity contribution is 6.21. The molecule has 0 amide bonds. The van der Waals surface area contributed by atoms with E-state index in [1.165, 1.54) is 22.3 Å². The zero-order chi connectivity index (χ0) is 30.3. The lowest BCUT2D eigenvalue weighted by Gasteiger charge is -2.21. The summed E-state index contributed by atoms with van der Waals surface area (Å²) < 4.78 is 11.3. The van der Waals surface area contributed by atoms with E-state index in [1.807, 2.05) is 12.1 Å². The number of hydrogen-bond acceptors (Lipinski definition) is 3. The van der Waals surface area contributed by atoms with Crippen LogP contribution in [0.3, 0.4) is 0 Å². The van der Waals surface area contributed by atoms with Crippen molar-refractivity contribution >= 4 is 43.4 Å². The van der Waals surface area contributed by atoms with Crippen molar-refractivity contribution in [2.24, 2.45) is 0 Å². The van der Waals surface area contributed by atoms with E-state index < -0.39 is 0 Å². The maximum Gasteiger partial charge on any atom is 0.119 e. The number of pyridine rings is 1. The van der Waals surface area contributed by atoms with Crippen molar-refractivity contribution in [1.82, 2.24) is 4.98 Å². The molecular formula is C42H31NO2. The second-order valence-corrected chi connectivity index (χ2v) is 11.5. The molecule has 45 heavy (non-hydrogen) atoms. The Hall–Kier alpha value is -5.67. The smallest absolute Gasteiger partial charge is 0.119 e. The average Bonchev–Trinajstić information content (AvgIpc) is 3.11. The van der Waals surface area contributed by atoms with Crippen LogP contribution in [0.4, 0.5) is 0 Å². The lowest BCUT2D eigenvalue weighted by molar-refractivity contribution is 0.415. The molecule has 0 bridgehead atoms. The Morgan fingerprint density at radius 3 is 1.44 bits per heavy atom. The van der Waals surface area contributed by atoms with Crippen LogP contribution in [0, 0.1) is 0 Å². The highest BCUT2D eigenvalue weighted by atomic mass is 16.5. The first kappa shape index (κ1) is 26.9.